The van der Waals surface area contributed by atoms with Gasteiger partial charge in [-0.1, -0.05) is 0 Å². The number of carboxylic acids is 2. The van der Waals surface area contributed by atoms with Crippen LogP contribution in [0.3, 0.4) is 0 Å². The summed E-state index contributed by atoms with van der Waals surface area (Å²) in [6, 6.07) is 13.0. The van der Waals surface area contributed by atoms with Crippen molar-refractivity contribution in [3.8, 4) is 11.5 Å². The fraction of sp³-hybridized carbons (Fsp3) is 0.370. The van der Waals surface area contributed by atoms with Gasteiger partial charge in [-0.15, -0.1) is 0 Å². The first-order valence-corrected chi connectivity index (χ1v) is 12.0. The molecule has 0 saturated carbocycles. The number of fused-ring (bicyclic) bond motifs is 3. The first kappa shape index (κ1) is 27.5. The van der Waals surface area contributed by atoms with Crippen LogP contribution in [0.1, 0.15) is 36.9 Å². The zero-order valence-electron chi connectivity index (χ0n) is 21.2. The second kappa shape index (κ2) is 12.8. The highest BCUT2D eigenvalue weighted by molar-refractivity contribution is 5.89. The van der Waals surface area contributed by atoms with Crippen molar-refractivity contribution < 1.29 is 34.1 Å². The lowest BCUT2D eigenvalue weighted by molar-refractivity contribution is -0.134. The van der Waals surface area contributed by atoms with E-state index in [0.717, 1.165) is 55.2 Å². The zero-order chi connectivity index (χ0) is 26.9. The Kier molecular flexibility index (Phi) is 9.51. The van der Waals surface area contributed by atoms with Crippen LogP contribution in [0.5, 0.6) is 11.5 Å². The van der Waals surface area contributed by atoms with Gasteiger partial charge in [0, 0.05) is 55.6 Å². The van der Waals surface area contributed by atoms with Gasteiger partial charge in [-0.3, -0.25) is 9.69 Å². The van der Waals surface area contributed by atoms with Crippen molar-refractivity contribution >= 4 is 29.2 Å². The molecular weight excluding hydrogens is 478 g/mol. The van der Waals surface area contributed by atoms with Crippen LogP contribution >= 0.6 is 0 Å². The summed E-state index contributed by atoms with van der Waals surface area (Å²) >= 11 is 0. The molecule has 10 nitrogen and oxygen atoms in total. The molecular formula is C27H33N3O7. The number of carboxylic acid groups (broad SMARTS) is 2. The second-order valence-corrected chi connectivity index (χ2v) is 8.84. The van der Waals surface area contributed by atoms with E-state index in [1.54, 1.807) is 14.2 Å². The molecule has 2 aliphatic rings. The van der Waals surface area contributed by atoms with Crippen LogP contribution in [0.4, 0.5) is 11.4 Å². The van der Waals surface area contributed by atoms with Crippen LogP contribution in [-0.4, -0.2) is 66.3 Å². The Morgan fingerprint density at radius 1 is 0.946 bits per heavy atom. The van der Waals surface area contributed by atoms with Gasteiger partial charge < -0.3 is 30.3 Å². The summed E-state index contributed by atoms with van der Waals surface area (Å²) in [5.41, 5.74) is 4.63. The van der Waals surface area contributed by atoms with Crippen molar-refractivity contribution in [2.75, 3.05) is 37.9 Å². The number of carbonyl (C=O) groups excluding carboxylic acids is 1. The molecule has 2 atom stereocenters. The van der Waals surface area contributed by atoms with Gasteiger partial charge in [-0.2, -0.15) is 0 Å². The van der Waals surface area contributed by atoms with Gasteiger partial charge in [0.2, 0.25) is 5.91 Å². The first-order valence-electron chi connectivity index (χ1n) is 12.0. The number of hydrogen-bond acceptors (Lipinski definition) is 7. The van der Waals surface area contributed by atoms with Crippen molar-refractivity contribution in [2.24, 2.45) is 0 Å². The molecule has 1 fully saturated rings. The molecule has 2 unspecified atom stereocenters. The molecule has 4 rings (SSSR count). The molecule has 0 aliphatic carbocycles. The van der Waals surface area contributed by atoms with Gasteiger partial charge in [0.15, 0.2) is 11.5 Å². The summed E-state index contributed by atoms with van der Waals surface area (Å²) < 4.78 is 11.0. The van der Waals surface area contributed by atoms with Crippen LogP contribution in [0.15, 0.2) is 48.6 Å². The molecule has 1 amide bonds. The van der Waals surface area contributed by atoms with Crippen molar-refractivity contribution in [2.45, 2.75) is 38.3 Å². The van der Waals surface area contributed by atoms with Gasteiger partial charge in [-0.25, -0.2) is 9.59 Å². The average Bonchev–Trinajstić information content (AvgIpc) is 2.87. The minimum absolute atomic E-state index is 0.0545. The Balaban J connectivity index is 0.000000414. The number of anilines is 2. The minimum Gasteiger partial charge on any atom is -0.493 e. The number of rotatable bonds is 7. The van der Waals surface area contributed by atoms with Gasteiger partial charge in [0.05, 0.1) is 14.2 Å². The highest BCUT2D eigenvalue weighted by Gasteiger charge is 2.34. The number of nitrogens with one attached hydrogen (secondary N) is 2. The highest BCUT2D eigenvalue weighted by atomic mass is 16.5. The van der Waals surface area contributed by atoms with Crippen molar-refractivity contribution in [1.82, 2.24) is 4.90 Å². The monoisotopic (exact) mass is 511 g/mol. The summed E-state index contributed by atoms with van der Waals surface area (Å²) in [5, 5.41) is 22.1. The lowest BCUT2D eigenvalue weighted by atomic mass is 9.84. The second-order valence-electron chi connectivity index (χ2n) is 8.84. The van der Waals surface area contributed by atoms with Crippen molar-refractivity contribution in [3.63, 3.8) is 0 Å². The number of ether oxygens (including phenoxy) is 2. The standard InChI is InChI=1S/C23H29N3O3.C4H4O4/c1-15(27)24-17-4-6-18(7-5-17)25-19-9-11-26-10-8-16-12-22(28-2)23(29-3)14-20(16)21(26)13-19;5-3(6)1-2-4(7)8/h4-7,12,14,19,21,25H,8-11,13H2,1-3H3,(H,24,27);1-2H,(H,5,6)(H,7,8). The van der Waals surface area contributed by atoms with E-state index in [9.17, 15) is 14.4 Å². The van der Waals surface area contributed by atoms with Gasteiger partial charge in [0.1, 0.15) is 0 Å². The Morgan fingerprint density at radius 2 is 1.54 bits per heavy atom. The SMILES string of the molecule is COc1cc2c(cc1OC)C1CC(Nc3ccc(NC(C)=O)cc3)CCN1CC2.O=C(O)C=CC(=O)O. The predicted molar refractivity (Wildman–Crippen MR) is 139 cm³/mol. The predicted octanol–water partition coefficient (Wildman–Crippen LogP) is 3.55. The molecule has 10 heteroatoms. The third-order valence-corrected chi connectivity index (χ3v) is 6.33. The Labute approximate surface area is 215 Å². The summed E-state index contributed by atoms with van der Waals surface area (Å²) in [5.74, 6) is -0.956. The fourth-order valence-corrected chi connectivity index (χ4v) is 4.70. The van der Waals surface area contributed by atoms with E-state index in [1.807, 2.05) is 24.3 Å². The maximum absolute atomic E-state index is 11.2. The molecule has 2 heterocycles. The fourth-order valence-electron chi connectivity index (χ4n) is 4.70. The van der Waals surface area contributed by atoms with Gasteiger partial charge >= 0.3 is 11.9 Å². The quantitative estimate of drug-likeness (QED) is 0.411. The van der Waals surface area contributed by atoms with Crippen molar-refractivity contribution in [1.29, 1.82) is 0 Å². The van der Waals surface area contributed by atoms with E-state index in [2.05, 4.69) is 27.7 Å². The third kappa shape index (κ3) is 7.71. The highest BCUT2D eigenvalue weighted by Crippen LogP contribution is 2.42. The summed E-state index contributed by atoms with van der Waals surface area (Å²) in [6.45, 7) is 3.69. The number of methoxy groups -OCH3 is 2. The zero-order valence-corrected chi connectivity index (χ0v) is 21.2. The lowest BCUT2D eigenvalue weighted by Crippen LogP contribution is -2.44. The molecule has 2 aromatic carbocycles. The number of hydrogen-bond donors (Lipinski definition) is 4. The summed E-state index contributed by atoms with van der Waals surface area (Å²) in [7, 11) is 3.39. The van der Waals surface area contributed by atoms with E-state index >= 15 is 0 Å². The van der Waals surface area contributed by atoms with Crippen LogP contribution in [0.2, 0.25) is 0 Å². The molecule has 2 aromatic rings. The first-order chi connectivity index (χ1) is 17.7. The molecule has 4 N–H and O–H groups in total. The largest absolute Gasteiger partial charge is 0.493 e. The van der Waals surface area contributed by atoms with Gasteiger partial charge in [-0.05, 0) is 66.8 Å². The number of carbonyl (C=O) groups is 3. The van der Waals surface area contributed by atoms with E-state index in [1.165, 1.54) is 18.1 Å². The number of piperidine rings is 1. The van der Waals surface area contributed by atoms with E-state index in [-0.39, 0.29) is 5.91 Å². The number of benzene rings is 2. The van der Waals surface area contributed by atoms with Crippen LogP contribution in [0.25, 0.3) is 0 Å². The Hall–Kier alpha value is -4.05. The molecule has 2 aliphatic heterocycles. The van der Waals surface area contributed by atoms with Crippen LogP contribution in [-0.2, 0) is 20.8 Å². The van der Waals surface area contributed by atoms with Gasteiger partial charge in [0.25, 0.3) is 0 Å². The number of aliphatic carboxylic acids is 2. The molecule has 0 aromatic heterocycles. The van der Waals surface area contributed by atoms with Crippen molar-refractivity contribution in [3.05, 3.63) is 59.7 Å². The number of amides is 1. The normalized spacial score (nSPS) is 18.5. The maximum atomic E-state index is 11.2. The topological polar surface area (TPSA) is 137 Å². The molecule has 0 spiro atoms. The van der Waals surface area contributed by atoms with E-state index in [4.69, 9.17) is 19.7 Å². The Bertz CT molecular complexity index is 1130. The lowest BCUT2D eigenvalue weighted by Gasteiger charge is -2.44. The van der Waals surface area contributed by atoms with Crippen LogP contribution < -0.4 is 20.1 Å². The molecule has 37 heavy (non-hydrogen) atoms. The third-order valence-electron chi connectivity index (χ3n) is 6.33. The maximum Gasteiger partial charge on any atom is 0.328 e. The van der Waals surface area contributed by atoms with E-state index in [0.29, 0.717) is 24.2 Å². The summed E-state index contributed by atoms with van der Waals surface area (Å²) in [6.07, 6.45) is 4.34. The molecule has 1 saturated heterocycles. The molecule has 198 valence electrons. The molecule has 0 bridgehead atoms. The van der Waals surface area contributed by atoms with E-state index < -0.39 is 11.9 Å². The molecule has 0 radical (unpaired) electrons. The summed E-state index contributed by atoms with van der Waals surface area (Å²) in [4.78, 5) is 32.9. The smallest absolute Gasteiger partial charge is 0.328 e. The van der Waals surface area contributed by atoms with Crippen LogP contribution in [0, 0.1) is 0 Å². The number of nitrogens with zero attached hydrogens (tertiary/aromatic N) is 1. The Morgan fingerprint density at radius 3 is 2.11 bits per heavy atom. The minimum atomic E-state index is -1.26. The average molecular weight is 512 g/mol.